The van der Waals surface area contributed by atoms with E-state index in [9.17, 15) is 0 Å². The zero-order chi connectivity index (χ0) is 14.1. The Morgan fingerprint density at radius 3 is 2.45 bits per heavy atom. The Morgan fingerprint density at radius 2 is 1.75 bits per heavy atom. The van der Waals surface area contributed by atoms with Crippen molar-refractivity contribution in [2.45, 2.75) is 31.7 Å². The molecule has 20 heavy (non-hydrogen) atoms. The molecule has 1 heterocycles. The van der Waals surface area contributed by atoms with Crippen molar-refractivity contribution >= 4 is 22.8 Å². The van der Waals surface area contributed by atoms with Crippen LogP contribution in [0.5, 0.6) is 0 Å². The summed E-state index contributed by atoms with van der Waals surface area (Å²) in [6, 6.07) is 12.7. The molecular weight excluding hydrogens is 264 g/mol. The number of H-pyrrole nitrogens is 1. The van der Waals surface area contributed by atoms with Gasteiger partial charge in [-0.3, -0.25) is 0 Å². The number of aromatic amines is 1. The van der Waals surface area contributed by atoms with Gasteiger partial charge >= 0.3 is 0 Å². The molecule has 0 aliphatic carbocycles. The van der Waals surface area contributed by atoms with Gasteiger partial charge < -0.3 is 4.98 Å². The van der Waals surface area contributed by atoms with Crippen molar-refractivity contribution < 1.29 is 0 Å². The molecule has 0 fully saturated rings. The third-order valence-electron chi connectivity index (χ3n) is 3.56. The molecule has 102 valence electrons. The number of fused-ring (bicyclic) bond motifs is 1. The molecule has 0 bridgehead atoms. The smallest absolute Gasteiger partial charge is 0.166 e. The molecule has 0 aliphatic heterocycles. The molecule has 0 saturated heterocycles. The maximum atomic E-state index is 4.61. The van der Waals surface area contributed by atoms with Gasteiger partial charge in [0.15, 0.2) is 5.16 Å². The van der Waals surface area contributed by atoms with E-state index in [2.05, 4.69) is 48.9 Å². The highest BCUT2D eigenvalue weighted by Gasteiger charge is 2.07. The number of thioether (sulfide) groups is 1. The first-order valence-corrected chi connectivity index (χ1v) is 7.76. The van der Waals surface area contributed by atoms with Crippen LogP contribution < -0.4 is 0 Å². The summed E-state index contributed by atoms with van der Waals surface area (Å²) in [6.07, 6.45) is 0. The average molecular weight is 282 g/mol. The lowest BCUT2D eigenvalue weighted by atomic mass is 10.0. The van der Waals surface area contributed by atoms with Crippen molar-refractivity contribution in [3.63, 3.8) is 0 Å². The lowest BCUT2D eigenvalue weighted by Gasteiger charge is -2.10. The molecule has 0 atom stereocenters. The fourth-order valence-electron chi connectivity index (χ4n) is 2.58. The largest absolute Gasteiger partial charge is 0.333 e. The molecule has 0 spiro atoms. The molecule has 0 unspecified atom stereocenters. The zero-order valence-corrected chi connectivity index (χ0v) is 12.8. The van der Waals surface area contributed by atoms with E-state index in [0.29, 0.717) is 0 Å². The van der Waals surface area contributed by atoms with Gasteiger partial charge in [0.1, 0.15) is 0 Å². The summed E-state index contributed by atoms with van der Waals surface area (Å²) in [5, 5.41) is 0.991. The Bertz CT molecular complexity index is 703. The van der Waals surface area contributed by atoms with Gasteiger partial charge in [-0.1, -0.05) is 41.6 Å². The van der Waals surface area contributed by atoms with Crippen LogP contribution in [0.2, 0.25) is 0 Å². The Labute approximate surface area is 123 Å². The topological polar surface area (TPSA) is 28.7 Å². The molecule has 3 rings (SSSR count). The van der Waals surface area contributed by atoms with Crippen molar-refractivity contribution in [1.82, 2.24) is 9.97 Å². The van der Waals surface area contributed by atoms with Crippen molar-refractivity contribution in [1.29, 1.82) is 0 Å². The van der Waals surface area contributed by atoms with Crippen LogP contribution in [-0.2, 0) is 5.75 Å². The molecule has 0 radical (unpaired) electrons. The van der Waals surface area contributed by atoms with Gasteiger partial charge in [-0.15, -0.1) is 0 Å². The molecular formula is C17H18N2S. The standard InChI is InChI=1S/C17H18N2S/c1-11-8-12(2)14(13(3)9-11)10-20-17-18-15-6-4-5-7-16(15)19-17/h4-9H,10H2,1-3H3,(H,18,19). The SMILES string of the molecule is Cc1cc(C)c(CSc2nc3ccccc3[nH]2)c(C)c1. The number of benzene rings is 2. The minimum absolute atomic E-state index is 0.956. The van der Waals surface area contributed by atoms with Crippen molar-refractivity contribution in [2.75, 3.05) is 0 Å². The molecule has 0 amide bonds. The van der Waals surface area contributed by atoms with E-state index in [-0.39, 0.29) is 0 Å². The molecule has 3 aromatic rings. The number of nitrogens with one attached hydrogen (secondary N) is 1. The summed E-state index contributed by atoms with van der Waals surface area (Å²) in [7, 11) is 0. The van der Waals surface area contributed by atoms with Gasteiger partial charge in [0.2, 0.25) is 0 Å². The normalized spacial score (nSPS) is 11.2. The number of hydrogen-bond acceptors (Lipinski definition) is 2. The summed E-state index contributed by atoms with van der Waals surface area (Å²) in [6.45, 7) is 6.53. The average Bonchev–Trinajstić information content (AvgIpc) is 2.80. The van der Waals surface area contributed by atoms with Crippen LogP contribution in [0.15, 0.2) is 41.6 Å². The second kappa shape index (κ2) is 5.33. The third-order valence-corrected chi connectivity index (χ3v) is 4.46. The highest BCUT2D eigenvalue weighted by atomic mass is 32.2. The fraction of sp³-hybridized carbons (Fsp3) is 0.235. The van der Waals surface area contributed by atoms with Crippen LogP contribution in [0, 0.1) is 20.8 Å². The van der Waals surface area contributed by atoms with Crippen molar-refractivity contribution in [2.24, 2.45) is 0 Å². The number of para-hydroxylation sites is 2. The van der Waals surface area contributed by atoms with E-state index in [0.717, 1.165) is 21.9 Å². The fourth-order valence-corrected chi connectivity index (χ4v) is 3.66. The predicted molar refractivity (Wildman–Crippen MR) is 86.3 cm³/mol. The van der Waals surface area contributed by atoms with Crippen LogP contribution in [0.25, 0.3) is 11.0 Å². The van der Waals surface area contributed by atoms with E-state index in [1.807, 2.05) is 18.2 Å². The quantitative estimate of drug-likeness (QED) is 0.700. The Morgan fingerprint density at radius 1 is 1.05 bits per heavy atom. The number of nitrogens with zero attached hydrogens (tertiary/aromatic N) is 1. The molecule has 2 nitrogen and oxygen atoms in total. The van der Waals surface area contributed by atoms with E-state index in [1.165, 1.54) is 22.3 Å². The van der Waals surface area contributed by atoms with E-state index >= 15 is 0 Å². The number of aromatic nitrogens is 2. The number of imidazole rings is 1. The van der Waals surface area contributed by atoms with Crippen LogP contribution in [-0.4, -0.2) is 9.97 Å². The summed E-state index contributed by atoms with van der Waals surface area (Å²) in [5.74, 6) is 0.956. The van der Waals surface area contributed by atoms with Crippen molar-refractivity contribution in [3.8, 4) is 0 Å². The molecule has 1 aromatic heterocycles. The summed E-state index contributed by atoms with van der Waals surface area (Å²) < 4.78 is 0. The second-order valence-electron chi connectivity index (χ2n) is 5.23. The Balaban J connectivity index is 1.83. The van der Waals surface area contributed by atoms with Gasteiger partial charge in [0.05, 0.1) is 11.0 Å². The maximum Gasteiger partial charge on any atom is 0.166 e. The number of hydrogen-bond donors (Lipinski definition) is 1. The predicted octanol–water partition coefficient (Wildman–Crippen LogP) is 4.78. The zero-order valence-electron chi connectivity index (χ0n) is 12.0. The van der Waals surface area contributed by atoms with Crippen LogP contribution in [0.4, 0.5) is 0 Å². The minimum Gasteiger partial charge on any atom is -0.333 e. The highest BCUT2D eigenvalue weighted by molar-refractivity contribution is 7.98. The first-order valence-electron chi connectivity index (χ1n) is 6.78. The van der Waals surface area contributed by atoms with Gasteiger partial charge in [-0.2, -0.15) is 0 Å². The summed E-state index contributed by atoms with van der Waals surface area (Å²) >= 11 is 1.77. The summed E-state index contributed by atoms with van der Waals surface area (Å²) in [4.78, 5) is 7.98. The third kappa shape index (κ3) is 2.59. The first kappa shape index (κ1) is 13.3. The van der Waals surface area contributed by atoms with E-state index in [1.54, 1.807) is 11.8 Å². The second-order valence-corrected chi connectivity index (χ2v) is 6.19. The van der Waals surface area contributed by atoms with Gasteiger partial charge in [-0.25, -0.2) is 4.98 Å². The number of aryl methyl sites for hydroxylation is 3. The van der Waals surface area contributed by atoms with E-state index < -0.39 is 0 Å². The molecule has 2 aromatic carbocycles. The Hall–Kier alpha value is -1.74. The minimum atomic E-state index is 0.956. The highest BCUT2D eigenvalue weighted by Crippen LogP contribution is 2.26. The number of rotatable bonds is 3. The van der Waals surface area contributed by atoms with E-state index in [4.69, 9.17) is 0 Å². The van der Waals surface area contributed by atoms with Gasteiger partial charge in [0, 0.05) is 5.75 Å². The maximum absolute atomic E-state index is 4.61. The molecule has 0 aliphatic rings. The van der Waals surface area contributed by atoms with Gasteiger partial charge in [0.25, 0.3) is 0 Å². The Kier molecular flexibility index (Phi) is 3.53. The lowest BCUT2D eigenvalue weighted by Crippen LogP contribution is -1.93. The van der Waals surface area contributed by atoms with Gasteiger partial charge in [-0.05, 0) is 49.6 Å². The summed E-state index contributed by atoms with van der Waals surface area (Å²) in [5.41, 5.74) is 7.62. The first-order chi connectivity index (χ1) is 9.63. The monoisotopic (exact) mass is 282 g/mol. The molecule has 1 N–H and O–H groups in total. The lowest BCUT2D eigenvalue weighted by molar-refractivity contribution is 1.07. The van der Waals surface area contributed by atoms with Crippen LogP contribution >= 0.6 is 11.8 Å². The van der Waals surface area contributed by atoms with Crippen LogP contribution in [0.1, 0.15) is 22.3 Å². The van der Waals surface area contributed by atoms with Crippen LogP contribution in [0.3, 0.4) is 0 Å². The molecule has 3 heteroatoms. The van der Waals surface area contributed by atoms with Crippen molar-refractivity contribution in [3.05, 3.63) is 58.7 Å². The molecule has 0 saturated carbocycles.